The highest BCUT2D eigenvalue weighted by Crippen LogP contribution is 2.34. The molecule has 0 fully saturated rings. The predicted octanol–water partition coefficient (Wildman–Crippen LogP) is 3.98. The van der Waals surface area contributed by atoms with Crippen LogP contribution >= 0.6 is 0 Å². The van der Waals surface area contributed by atoms with Gasteiger partial charge in [-0.2, -0.15) is 0 Å². The fourth-order valence-corrected chi connectivity index (χ4v) is 2.83. The Morgan fingerprint density at radius 1 is 1.04 bits per heavy atom. The SMILES string of the molecule is CC(C)C(NC(=O)C=Cc1ccccc1)c1ccc2c(c1)OCCO2. The summed E-state index contributed by atoms with van der Waals surface area (Å²) in [6.45, 7) is 5.29. The van der Waals surface area contributed by atoms with Crippen LogP contribution in [0.4, 0.5) is 0 Å². The Bertz CT molecular complexity index is 753. The zero-order valence-corrected chi connectivity index (χ0v) is 14.6. The van der Waals surface area contributed by atoms with Gasteiger partial charge in [0.1, 0.15) is 13.2 Å². The largest absolute Gasteiger partial charge is 0.486 e. The van der Waals surface area contributed by atoms with Crippen molar-refractivity contribution < 1.29 is 14.3 Å². The van der Waals surface area contributed by atoms with Gasteiger partial charge in [0, 0.05) is 6.08 Å². The Hall–Kier alpha value is -2.75. The minimum absolute atomic E-state index is 0.0938. The summed E-state index contributed by atoms with van der Waals surface area (Å²) in [5, 5.41) is 3.09. The first-order chi connectivity index (χ1) is 12.1. The molecule has 1 amide bonds. The van der Waals surface area contributed by atoms with Crippen LogP contribution in [0.2, 0.25) is 0 Å². The van der Waals surface area contributed by atoms with Crippen LogP contribution in [-0.2, 0) is 4.79 Å². The van der Waals surface area contributed by atoms with Crippen LogP contribution in [0.25, 0.3) is 6.08 Å². The van der Waals surface area contributed by atoms with Crippen molar-refractivity contribution in [2.75, 3.05) is 13.2 Å². The van der Waals surface area contributed by atoms with Gasteiger partial charge in [-0.25, -0.2) is 0 Å². The number of benzene rings is 2. The van der Waals surface area contributed by atoms with Crippen LogP contribution in [0.5, 0.6) is 11.5 Å². The summed E-state index contributed by atoms with van der Waals surface area (Å²) in [6.07, 6.45) is 3.39. The second-order valence-electron chi connectivity index (χ2n) is 6.38. The first-order valence-corrected chi connectivity index (χ1v) is 8.56. The average molecular weight is 337 g/mol. The van der Waals surface area contributed by atoms with Crippen LogP contribution in [0.3, 0.4) is 0 Å². The molecule has 0 saturated heterocycles. The Kier molecular flexibility index (Phi) is 5.39. The highest BCUT2D eigenvalue weighted by Gasteiger charge is 2.20. The molecule has 1 heterocycles. The van der Waals surface area contributed by atoms with Gasteiger partial charge in [0.05, 0.1) is 6.04 Å². The summed E-state index contributed by atoms with van der Waals surface area (Å²) in [7, 11) is 0. The van der Waals surface area contributed by atoms with E-state index in [-0.39, 0.29) is 17.9 Å². The number of fused-ring (bicyclic) bond motifs is 1. The molecule has 0 radical (unpaired) electrons. The molecule has 1 atom stereocenters. The van der Waals surface area contributed by atoms with Gasteiger partial charge in [-0.1, -0.05) is 50.2 Å². The summed E-state index contributed by atoms with van der Waals surface area (Å²) >= 11 is 0. The molecule has 25 heavy (non-hydrogen) atoms. The van der Waals surface area contributed by atoms with Gasteiger partial charge in [0.25, 0.3) is 0 Å². The van der Waals surface area contributed by atoms with E-state index < -0.39 is 0 Å². The molecule has 4 heteroatoms. The molecule has 1 aliphatic rings. The van der Waals surface area contributed by atoms with E-state index in [2.05, 4.69) is 19.2 Å². The van der Waals surface area contributed by atoms with E-state index >= 15 is 0 Å². The first-order valence-electron chi connectivity index (χ1n) is 8.56. The third-order valence-corrected chi connectivity index (χ3v) is 4.12. The Morgan fingerprint density at radius 3 is 2.48 bits per heavy atom. The Labute approximate surface area is 148 Å². The van der Waals surface area contributed by atoms with E-state index in [1.54, 1.807) is 6.08 Å². The van der Waals surface area contributed by atoms with Crippen molar-refractivity contribution in [1.29, 1.82) is 0 Å². The van der Waals surface area contributed by atoms with Crippen LogP contribution in [0, 0.1) is 5.92 Å². The quantitative estimate of drug-likeness (QED) is 0.840. The number of hydrogen-bond donors (Lipinski definition) is 1. The van der Waals surface area contributed by atoms with Crippen molar-refractivity contribution in [3.63, 3.8) is 0 Å². The van der Waals surface area contributed by atoms with E-state index in [0.717, 1.165) is 22.6 Å². The number of rotatable bonds is 5. The zero-order valence-electron chi connectivity index (χ0n) is 14.6. The molecule has 3 rings (SSSR count). The molecule has 130 valence electrons. The van der Waals surface area contributed by atoms with Crippen LogP contribution in [0.15, 0.2) is 54.6 Å². The Balaban J connectivity index is 1.73. The minimum Gasteiger partial charge on any atom is -0.486 e. The second-order valence-corrected chi connectivity index (χ2v) is 6.38. The van der Waals surface area contributed by atoms with Crippen molar-refractivity contribution in [3.05, 3.63) is 65.7 Å². The highest BCUT2D eigenvalue weighted by molar-refractivity contribution is 5.92. The lowest BCUT2D eigenvalue weighted by molar-refractivity contribution is -0.117. The maximum atomic E-state index is 12.3. The Morgan fingerprint density at radius 2 is 1.76 bits per heavy atom. The molecule has 0 aromatic heterocycles. The third-order valence-electron chi connectivity index (χ3n) is 4.12. The maximum Gasteiger partial charge on any atom is 0.244 e. The number of nitrogens with one attached hydrogen (secondary N) is 1. The van der Waals surface area contributed by atoms with E-state index in [4.69, 9.17) is 9.47 Å². The lowest BCUT2D eigenvalue weighted by Crippen LogP contribution is -2.30. The average Bonchev–Trinajstić information content (AvgIpc) is 2.64. The summed E-state index contributed by atoms with van der Waals surface area (Å²) in [4.78, 5) is 12.3. The van der Waals surface area contributed by atoms with Gasteiger partial charge in [-0.3, -0.25) is 4.79 Å². The monoisotopic (exact) mass is 337 g/mol. The number of ether oxygens (including phenoxy) is 2. The number of carbonyl (C=O) groups excluding carboxylic acids is 1. The van der Waals surface area contributed by atoms with Crippen LogP contribution < -0.4 is 14.8 Å². The molecule has 0 bridgehead atoms. The van der Waals surface area contributed by atoms with Crippen molar-refractivity contribution in [3.8, 4) is 11.5 Å². The molecule has 2 aromatic carbocycles. The van der Waals surface area contributed by atoms with Crippen molar-refractivity contribution >= 4 is 12.0 Å². The molecule has 2 aromatic rings. The molecule has 0 aliphatic carbocycles. The number of hydrogen-bond acceptors (Lipinski definition) is 3. The number of carbonyl (C=O) groups is 1. The van der Waals surface area contributed by atoms with Gasteiger partial charge in [-0.05, 0) is 35.3 Å². The maximum absolute atomic E-state index is 12.3. The third kappa shape index (κ3) is 4.41. The minimum atomic E-state index is -0.113. The van der Waals surface area contributed by atoms with Gasteiger partial charge >= 0.3 is 0 Å². The van der Waals surface area contributed by atoms with Gasteiger partial charge in [-0.15, -0.1) is 0 Å². The van der Waals surface area contributed by atoms with Crippen molar-refractivity contribution in [2.24, 2.45) is 5.92 Å². The fourth-order valence-electron chi connectivity index (χ4n) is 2.83. The first kappa shape index (κ1) is 17.1. The number of amides is 1. The lowest BCUT2D eigenvalue weighted by atomic mass is 9.95. The zero-order chi connectivity index (χ0) is 17.6. The molecule has 1 aliphatic heterocycles. The lowest BCUT2D eigenvalue weighted by Gasteiger charge is -2.25. The fraction of sp³-hybridized carbons (Fsp3) is 0.286. The van der Waals surface area contributed by atoms with Crippen LogP contribution in [0.1, 0.15) is 31.0 Å². The molecule has 0 saturated carbocycles. The summed E-state index contributed by atoms with van der Waals surface area (Å²) in [6, 6.07) is 15.5. The molecule has 1 N–H and O–H groups in total. The van der Waals surface area contributed by atoms with Crippen molar-refractivity contribution in [2.45, 2.75) is 19.9 Å². The van der Waals surface area contributed by atoms with Gasteiger partial charge in [0.15, 0.2) is 11.5 Å². The topological polar surface area (TPSA) is 47.6 Å². The van der Waals surface area contributed by atoms with E-state index in [9.17, 15) is 4.79 Å². The normalized spacial score (nSPS) is 14.5. The molecule has 0 spiro atoms. The predicted molar refractivity (Wildman–Crippen MR) is 98.6 cm³/mol. The van der Waals surface area contributed by atoms with Crippen LogP contribution in [-0.4, -0.2) is 19.1 Å². The summed E-state index contributed by atoms with van der Waals surface area (Å²) < 4.78 is 11.2. The smallest absolute Gasteiger partial charge is 0.244 e. The summed E-state index contributed by atoms with van der Waals surface area (Å²) in [5.41, 5.74) is 2.01. The molecular formula is C21H23NO3. The van der Waals surface area contributed by atoms with E-state index in [1.165, 1.54) is 0 Å². The molecule has 1 unspecified atom stereocenters. The second kappa shape index (κ2) is 7.88. The summed E-state index contributed by atoms with van der Waals surface area (Å²) in [5.74, 6) is 1.63. The van der Waals surface area contributed by atoms with Crippen molar-refractivity contribution in [1.82, 2.24) is 5.32 Å². The van der Waals surface area contributed by atoms with E-state index in [0.29, 0.717) is 13.2 Å². The molecular weight excluding hydrogens is 314 g/mol. The van der Waals surface area contributed by atoms with E-state index in [1.807, 2.05) is 54.6 Å². The standard InChI is InChI=1S/C21H23NO3/c1-15(2)21(17-9-10-18-19(14-17)25-13-12-24-18)22-20(23)11-8-16-6-4-3-5-7-16/h3-11,14-15,21H,12-13H2,1-2H3,(H,22,23). The molecule has 4 nitrogen and oxygen atoms in total. The highest BCUT2D eigenvalue weighted by atomic mass is 16.6. The van der Waals surface area contributed by atoms with Gasteiger partial charge in [0.2, 0.25) is 5.91 Å². The van der Waals surface area contributed by atoms with Gasteiger partial charge < -0.3 is 14.8 Å².